The molecule has 0 aliphatic carbocycles. The number of furan rings is 1. The lowest BCUT2D eigenvalue weighted by Crippen LogP contribution is -2.33. The lowest BCUT2D eigenvalue weighted by molar-refractivity contribution is -0.129. The van der Waals surface area contributed by atoms with E-state index in [9.17, 15) is 9.59 Å². The van der Waals surface area contributed by atoms with E-state index in [1.807, 2.05) is 17.6 Å². The van der Waals surface area contributed by atoms with Crippen LogP contribution in [-0.4, -0.2) is 38.0 Å². The minimum absolute atomic E-state index is 0.0294. The fraction of sp³-hybridized carbons (Fsp3) is 0.467. The summed E-state index contributed by atoms with van der Waals surface area (Å²) < 4.78 is 7.11. The second-order valence-electron chi connectivity index (χ2n) is 5.51. The Hall–Kier alpha value is -2.64. The van der Waals surface area contributed by atoms with E-state index in [1.54, 1.807) is 23.6 Å². The van der Waals surface area contributed by atoms with Gasteiger partial charge in [-0.2, -0.15) is 0 Å². The van der Waals surface area contributed by atoms with Gasteiger partial charge in [-0.25, -0.2) is 0 Å². The number of nitrogens with one attached hydrogen (secondary N) is 1. The summed E-state index contributed by atoms with van der Waals surface area (Å²) in [5.41, 5.74) is 0. The molecule has 2 aromatic heterocycles. The van der Waals surface area contributed by atoms with E-state index in [0.29, 0.717) is 25.5 Å². The maximum Gasteiger partial charge on any atom is 0.225 e. The first-order chi connectivity index (χ1) is 11.2. The van der Waals surface area contributed by atoms with Crippen molar-refractivity contribution in [3.63, 3.8) is 0 Å². The molecule has 8 heteroatoms. The second kappa shape index (κ2) is 6.64. The van der Waals surface area contributed by atoms with E-state index in [2.05, 4.69) is 15.5 Å². The number of hydrogen-bond acceptors (Lipinski definition) is 5. The molecule has 3 heterocycles. The lowest BCUT2D eigenvalue weighted by Gasteiger charge is -2.15. The minimum atomic E-state index is -0.338. The molecule has 2 amide bonds. The number of likely N-dealkylation sites (tertiary alicyclic amines) is 1. The number of rotatable bonds is 6. The Morgan fingerprint density at radius 2 is 2.39 bits per heavy atom. The predicted octanol–water partition coefficient (Wildman–Crippen LogP) is 0.556. The van der Waals surface area contributed by atoms with Gasteiger partial charge in [-0.05, 0) is 19.1 Å². The molecule has 1 aliphatic heterocycles. The van der Waals surface area contributed by atoms with Crippen molar-refractivity contribution in [1.29, 1.82) is 0 Å². The van der Waals surface area contributed by atoms with Crippen LogP contribution in [0.3, 0.4) is 0 Å². The van der Waals surface area contributed by atoms with Crippen LogP contribution in [0.25, 0.3) is 0 Å². The number of carbonyl (C=O) groups is 2. The fourth-order valence-electron chi connectivity index (χ4n) is 2.68. The van der Waals surface area contributed by atoms with Crippen molar-refractivity contribution >= 4 is 11.8 Å². The van der Waals surface area contributed by atoms with Crippen LogP contribution in [0.5, 0.6) is 0 Å². The maximum absolute atomic E-state index is 12.3. The zero-order valence-electron chi connectivity index (χ0n) is 12.9. The van der Waals surface area contributed by atoms with Crippen LogP contribution in [-0.2, 0) is 29.2 Å². The van der Waals surface area contributed by atoms with Crippen molar-refractivity contribution in [3.05, 3.63) is 36.3 Å². The van der Waals surface area contributed by atoms with E-state index in [0.717, 1.165) is 12.3 Å². The van der Waals surface area contributed by atoms with Crippen molar-refractivity contribution in [2.24, 2.45) is 5.92 Å². The van der Waals surface area contributed by atoms with E-state index < -0.39 is 0 Å². The van der Waals surface area contributed by atoms with Gasteiger partial charge in [0.2, 0.25) is 11.8 Å². The van der Waals surface area contributed by atoms with Gasteiger partial charge >= 0.3 is 0 Å². The average molecular weight is 317 g/mol. The molecule has 0 spiro atoms. The van der Waals surface area contributed by atoms with Crippen LogP contribution < -0.4 is 5.32 Å². The van der Waals surface area contributed by atoms with E-state index in [4.69, 9.17) is 4.42 Å². The summed E-state index contributed by atoms with van der Waals surface area (Å²) in [4.78, 5) is 25.9. The molecule has 1 saturated heterocycles. The third kappa shape index (κ3) is 3.41. The highest BCUT2D eigenvalue weighted by molar-refractivity contribution is 5.89. The Morgan fingerprint density at radius 1 is 1.52 bits per heavy atom. The quantitative estimate of drug-likeness (QED) is 0.840. The first-order valence-electron chi connectivity index (χ1n) is 7.62. The van der Waals surface area contributed by atoms with Crippen molar-refractivity contribution in [2.45, 2.75) is 33.0 Å². The lowest BCUT2D eigenvalue weighted by atomic mass is 10.1. The summed E-state index contributed by atoms with van der Waals surface area (Å²) in [6, 6.07) is 3.60. The molecule has 122 valence electrons. The number of amides is 2. The highest BCUT2D eigenvalue weighted by Crippen LogP contribution is 2.20. The van der Waals surface area contributed by atoms with Crippen LogP contribution in [0.4, 0.5) is 0 Å². The number of hydrogen-bond donors (Lipinski definition) is 1. The van der Waals surface area contributed by atoms with Gasteiger partial charge in [0.15, 0.2) is 5.82 Å². The molecule has 3 rings (SSSR count). The summed E-state index contributed by atoms with van der Waals surface area (Å²) in [6.07, 6.45) is 3.43. The molecule has 23 heavy (non-hydrogen) atoms. The highest BCUT2D eigenvalue weighted by atomic mass is 16.3. The number of aromatic nitrogens is 3. The molecule has 2 aromatic rings. The molecule has 1 aliphatic rings. The van der Waals surface area contributed by atoms with Crippen LogP contribution in [0.2, 0.25) is 0 Å². The Balaban J connectivity index is 1.53. The van der Waals surface area contributed by atoms with Gasteiger partial charge in [0, 0.05) is 19.5 Å². The summed E-state index contributed by atoms with van der Waals surface area (Å²) in [6.45, 7) is 3.86. The Kier molecular flexibility index (Phi) is 4.40. The third-order valence-corrected chi connectivity index (χ3v) is 3.97. The van der Waals surface area contributed by atoms with Crippen LogP contribution in [0.15, 0.2) is 29.1 Å². The fourth-order valence-corrected chi connectivity index (χ4v) is 2.68. The first kappa shape index (κ1) is 15.3. The van der Waals surface area contributed by atoms with E-state index >= 15 is 0 Å². The van der Waals surface area contributed by atoms with Crippen molar-refractivity contribution in [1.82, 2.24) is 25.0 Å². The van der Waals surface area contributed by atoms with Crippen LogP contribution >= 0.6 is 0 Å². The molecule has 0 bridgehead atoms. The number of carbonyl (C=O) groups excluding carboxylic acids is 2. The van der Waals surface area contributed by atoms with Gasteiger partial charge in [-0.15, -0.1) is 10.2 Å². The zero-order valence-corrected chi connectivity index (χ0v) is 12.9. The largest absolute Gasteiger partial charge is 0.467 e. The average Bonchev–Trinajstić information content (AvgIpc) is 3.27. The monoisotopic (exact) mass is 317 g/mol. The first-order valence-corrected chi connectivity index (χ1v) is 7.62. The van der Waals surface area contributed by atoms with Gasteiger partial charge in [-0.3, -0.25) is 9.59 Å². The summed E-state index contributed by atoms with van der Waals surface area (Å²) in [7, 11) is 0. The molecule has 8 nitrogen and oxygen atoms in total. The SMILES string of the molecule is CCn1cnnc1CNC(=O)[C@@H]1CC(=O)N(Cc2ccco2)C1. The normalized spacial score (nSPS) is 17.7. The molecule has 1 atom stereocenters. The van der Waals surface area contributed by atoms with Crippen molar-refractivity contribution in [3.8, 4) is 0 Å². The Morgan fingerprint density at radius 3 is 3.13 bits per heavy atom. The Labute approximate surface area is 133 Å². The van der Waals surface area contributed by atoms with Gasteiger partial charge in [-0.1, -0.05) is 0 Å². The van der Waals surface area contributed by atoms with E-state index in [-0.39, 0.29) is 24.2 Å². The minimum Gasteiger partial charge on any atom is -0.467 e. The third-order valence-electron chi connectivity index (χ3n) is 3.97. The summed E-state index contributed by atoms with van der Waals surface area (Å²) >= 11 is 0. The van der Waals surface area contributed by atoms with Gasteiger partial charge in [0.1, 0.15) is 12.1 Å². The van der Waals surface area contributed by atoms with Crippen molar-refractivity contribution in [2.75, 3.05) is 6.54 Å². The Bertz CT molecular complexity index is 679. The predicted molar refractivity (Wildman–Crippen MR) is 79.8 cm³/mol. The van der Waals surface area contributed by atoms with Crippen molar-refractivity contribution < 1.29 is 14.0 Å². The molecule has 0 unspecified atom stereocenters. The molecular formula is C15H19N5O3. The van der Waals surface area contributed by atoms with Gasteiger partial charge in [0.05, 0.1) is 25.3 Å². The molecule has 0 aromatic carbocycles. The smallest absolute Gasteiger partial charge is 0.225 e. The molecular weight excluding hydrogens is 298 g/mol. The molecule has 0 radical (unpaired) electrons. The zero-order chi connectivity index (χ0) is 16.2. The molecule has 1 N–H and O–H groups in total. The number of nitrogens with zero attached hydrogens (tertiary/aromatic N) is 4. The second-order valence-corrected chi connectivity index (χ2v) is 5.51. The molecule has 1 fully saturated rings. The van der Waals surface area contributed by atoms with Gasteiger partial charge in [0.25, 0.3) is 0 Å². The standard InChI is InChI=1S/C15H19N5O3/c1-2-19-10-17-18-13(19)7-16-15(22)11-6-14(21)20(8-11)9-12-4-3-5-23-12/h3-5,10-11H,2,6-9H2,1H3,(H,16,22)/t11-/m1/s1. The van der Waals surface area contributed by atoms with Crippen LogP contribution in [0, 0.1) is 5.92 Å². The van der Waals surface area contributed by atoms with Crippen LogP contribution in [0.1, 0.15) is 24.9 Å². The van der Waals surface area contributed by atoms with Gasteiger partial charge < -0.3 is 19.2 Å². The molecule has 0 saturated carbocycles. The number of aryl methyl sites for hydroxylation is 1. The summed E-state index contributed by atoms with van der Waals surface area (Å²) in [5, 5.41) is 10.6. The highest BCUT2D eigenvalue weighted by Gasteiger charge is 2.34. The van der Waals surface area contributed by atoms with E-state index in [1.165, 1.54) is 0 Å². The topological polar surface area (TPSA) is 93.3 Å². The summed E-state index contributed by atoms with van der Waals surface area (Å²) in [5.74, 6) is 0.924. The maximum atomic E-state index is 12.3.